The van der Waals surface area contributed by atoms with E-state index in [2.05, 4.69) is 28.6 Å². The van der Waals surface area contributed by atoms with Crippen molar-refractivity contribution in [1.82, 2.24) is 0 Å². The number of Topliss-reactive ketones (excluding diaryl/α,β-unsaturated/α-hetero) is 1. The van der Waals surface area contributed by atoms with Gasteiger partial charge in [-0.3, -0.25) is 4.79 Å². The lowest BCUT2D eigenvalue weighted by Gasteiger charge is -1.99. The summed E-state index contributed by atoms with van der Waals surface area (Å²) in [7, 11) is 0. The van der Waals surface area contributed by atoms with Crippen LogP contribution in [0.4, 0.5) is 17.6 Å². The molecule has 0 atom stereocenters. The van der Waals surface area contributed by atoms with Crippen LogP contribution in [0.1, 0.15) is 18.1 Å². The van der Waals surface area contributed by atoms with Crippen LogP contribution in [0.15, 0.2) is 81.2 Å². The van der Waals surface area contributed by atoms with Gasteiger partial charge in [0.25, 0.3) is 0 Å². The number of carbonyl (C=O) groups is 1. The molecule has 6 aromatic rings. The number of thiophene rings is 2. The van der Waals surface area contributed by atoms with Crippen molar-refractivity contribution in [3.63, 3.8) is 0 Å². The number of aryl methyl sites for hydroxylation is 1. The molecule has 47 heavy (non-hydrogen) atoms. The monoisotopic (exact) mass is 858 g/mol. The summed E-state index contributed by atoms with van der Waals surface area (Å²) in [6, 6.07) is 15.2. The highest BCUT2D eigenvalue weighted by molar-refractivity contribution is 9.08. The highest BCUT2D eigenvalue weighted by Gasteiger charge is 2.08. The van der Waals surface area contributed by atoms with E-state index < -0.39 is 11.6 Å². The van der Waals surface area contributed by atoms with Crippen LogP contribution in [0.2, 0.25) is 20.1 Å². The Morgan fingerprint density at radius 1 is 0.745 bits per heavy atom. The number of thiol groups is 1. The van der Waals surface area contributed by atoms with Crippen LogP contribution in [0, 0.1) is 30.2 Å². The molecular formula is C33H23BrCl4F4OS4. The SMILES string of the molecule is CC(=O)CSc1ccc(Cl)c(F)c1.Cc1csc2cc(Cl)c(F)cc12.Fc1cc(S)ccc1Cl.Fc1cc2c(CBr)csc2cc1Cl. The van der Waals surface area contributed by atoms with Gasteiger partial charge in [-0.1, -0.05) is 62.3 Å². The number of hydrogen-bond donors (Lipinski definition) is 1. The van der Waals surface area contributed by atoms with Crippen molar-refractivity contribution < 1.29 is 22.4 Å². The highest BCUT2D eigenvalue weighted by Crippen LogP contribution is 2.32. The zero-order valence-corrected chi connectivity index (χ0v) is 32.3. The Bertz CT molecular complexity index is 2000. The Morgan fingerprint density at radius 3 is 1.79 bits per heavy atom. The first-order chi connectivity index (χ1) is 22.2. The second kappa shape index (κ2) is 19.1. The van der Waals surface area contributed by atoms with Gasteiger partial charge in [-0.25, -0.2) is 17.6 Å². The lowest BCUT2D eigenvalue weighted by molar-refractivity contribution is -0.114. The molecule has 0 N–H and O–H groups in total. The van der Waals surface area contributed by atoms with Gasteiger partial charge in [0.15, 0.2) is 0 Å². The minimum atomic E-state index is -0.449. The van der Waals surface area contributed by atoms with E-state index in [4.69, 9.17) is 46.4 Å². The molecule has 4 aromatic carbocycles. The van der Waals surface area contributed by atoms with Crippen LogP contribution in [-0.4, -0.2) is 11.5 Å². The molecule has 0 amide bonds. The van der Waals surface area contributed by atoms with E-state index in [-0.39, 0.29) is 37.5 Å². The van der Waals surface area contributed by atoms with Crippen molar-refractivity contribution >= 4 is 135 Å². The number of fused-ring (bicyclic) bond motifs is 2. The standard InChI is InChI=1S/C9H5BrClFS.C9H8ClFOS.C9H6ClFS.C6H4ClFS/c10-3-5-4-13-9-2-7(11)8(12)1-6(5)9;1-6(12)5-13-7-2-3-8(10)9(11)4-7;1-5-4-12-9-3-7(10)8(11)2-6(5)9;7-5-2-1-4(9)3-6(5)8/h1-2,4H,3H2;2-4H,5H2,1H3;2-4H,1H3;1-3,9H. The Kier molecular flexibility index (Phi) is 16.2. The molecule has 248 valence electrons. The predicted molar refractivity (Wildman–Crippen MR) is 202 cm³/mol. The number of rotatable bonds is 4. The molecule has 0 aliphatic heterocycles. The minimum absolute atomic E-state index is 0.0698. The van der Waals surface area contributed by atoms with Crippen LogP contribution < -0.4 is 0 Å². The largest absolute Gasteiger partial charge is 0.299 e. The van der Waals surface area contributed by atoms with Gasteiger partial charge in [-0.15, -0.1) is 47.1 Å². The molecule has 0 spiro atoms. The summed E-state index contributed by atoms with van der Waals surface area (Å²) in [5.41, 5.74) is 2.21. The quantitative estimate of drug-likeness (QED) is 0.0823. The van der Waals surface area contributed by atoms with Crippen LogP contribution >= 0.6 is 109 Å². The molecule has 0 fully saturated rings. The van der Waals surface area contributed by atoms with E-state index >= 15 is 0 Å². The van der Waals surface area contributed by atoms with Gasteiger partial charge in [-0.2, -0.15) is 0 Å². The van der Waals surface area contributed by atoms with Crippen molar-refractivity contribution in [2.24, 2.45) is 0 Å². The summed E-state index contributed by atoms with van der Waals surface area (Å²) in [5.74, 6) is -1.14. The number of ketones is 1. The summed E-state index contributed by atoms with van der Waals surface area (Å²) in [4.78, 5) is 11.9. The van der Waals surface area contributed by atoms with Crippen molar-refractivity contribution in [2.75, 3.05) is 5.75 Å². The van der Waals surface area contributed by atoms with Crippen molar-refractivity contribution in [1.29, 1.82) is 0 Å². The van der Waals surface area contributed by atoms with Crippen molar-refractivity contribution in [3.8, 4) is 0 Å². The molecule has 2 aromatic heterocycles. The number of thioether (sulfide) groups is 1. The molecule has 1 nitrogen and oxygen atoms in total. The van der Waals surface area contributed by atoms with Gasteiger partial charge in [0.2, 0.25) is 0 Å². The number of benzene rings is 4. The molecule has 0 bridgehead atoms. The number of hydrogen-bond acceptors (Lipinski definition) is 5. The van der Waals surface area contributed by atoms with Gasteiger partial charge < -0.3 is 0 Å². The fraction of sp³-hybridized carbons (Fsp3) is 0.121. The zero-order valence-electron chi connectivity index (χ0n) is 24.3. The average Bonchev–Trinajstić information content (AvgIpc) is 3.59. The molecule has 0 saturated carbocycles. The first-order valence-corrected chi connectivity index (χ1v) is 19.0. The summed E-state index contributed by atoms with van der Waals surface area (Å²) in [6.45, 7) is 3.46. The van der Waals surface area contributed by atoms with Crippen LogP contribution in [0.25, 0.3) is 20.2 Å². The van der Waals surface area contributed by atoms with Gasteiger partial charge in [0.05, 0.1) is 25.8 Å². The van der Waals surface area contributed by atoms with Crippen molar-refractivity contribution in [2.45, 2.75) is 29.0 Å². The molecule has 0 aliphatic rings. The second-order valence-corrected chi connectivity index (χ2v) is 15.1. The van der Waals surface area contributed by atoms with Gasteiger partial charge >= 0.3 is 0 Å². The molecule has 6 rings (SSSR count). The average molecular weight is 862 g/mol. The summed E-state index contributed by atoms with van der Waals surface area (Å²) in [5, 5.41) is 7.29. The first-order valence-electron chi connectivity index (χ1n) is 13.1. The normalized spacial score (nSPS) is 10.5. The Labute approximate surface area is 315 Å². The lowest BCUT2D eigenvalue weighted by atomic mass is 10.2. The van der Waals surface area contributed by atoms with Crippen LogP contribution in [0.5, 0.6) is 0 Å². The van der Waals surface area contributed by atoms with E-state index in [1.807, 2.05) is 17.7 Å². The van der Waals surface area contributed by atoms with Crippen LogP contribution in [0.3, 0.4) is 0 Å². The topological polar surface area (TPSA) is 17.1 Å². The second-order valence-electron chi connectivity index (χ2n) is 9.50. The maximum atomic E-state index is 13.1. The molecule has 0 saturated heterocycles. The molecule has 0 radical (unpaired) electrons. The Morgan fingerprint density at radius 2 is 1.26 bits per heavy atom. The Hall–Kier alpha value is -1.47. The van der Waals surface area contributed by atoms with Crippen molar-refractivity contribution in [3.05, 3.63) is 126 Å². The minimum Gasteiger partial charge on any atom is -0.299 e. The Balaban J connectivity index is 0.000000172. The van der Waals surface area contributed by atoms with Gasteiger partial charge in [-0.05, 0) is 107 Å². The van der Waals surface area contributed by atoms with Gasteiger partial charge in [0, 0.05) is 24.5 Å². The molecule has 0 aliphatic carbocycles. The first kappa shape index (κ1) is 40.0. The maximum absolute atomic E-state index is 13.1. The van der Waals surface area contributed by atoms with E-state index in [9.17, 15) is 22.4 Å². The van der Waals surface area contributed by atoms with E-state index in [1.165, 1.54) is 55.1 Å². The highest BCUT2D eigenvalue weighted by atomic mass is 79.9. The van der Waals surface area contributed by atoms with E-state index in [0.29, 0.717) is 10.6 Å². The summed E-state index contributed by atoms with van der Waals surface area (Å²) < 4.78 is 53.4. The molecule has 0 unspecified atom stereocenters. The third-order valence-corrected chi connectivity index (χ3v) is 11.2. The van der Waals surface area contributed by atoms with E-state index in [1.54, 1.807) is 46.9 Å². The smallest absolute Gasteiger partial charge is 0.142 e. The summed E-state index contributed by atoms with van der Waals surface area (Å²) >= 11 is 33.9. The van der Waals surface area contributed by atoms with Crippen LogP contribution in [-0.2, 0) is 10.1 Å². The molecule has 14 heteroatoms. The fourth-order valence-electron chi connectivity index (χ4n) is 3.56. The fourth-order valence-corrected chi connectivity index (χ4v) is 7.79. The number of alkyl halides is 1. The maximum Gasteiger partial charge on any atom is 0.142 e. The molecule has 2 heterocycles. The molecular weight excluding hydrogens is 838 g/mol. The predicted octanol–water partition coefficient (Wildman–Crippen LogP) is 14.5. The number of carbonyl (C=O) groups excluding carboxylic acids is 1. The van der Waals surface area contributed by atoms with Gasteiger partial charge in [0.1, 0.15) is 29.1 Å². The third-order valence-electron chi connectivity index (χ3n) is 5.89. The van der Waals surface area contributed by atoms with E-state index in [0.717, 1.165) is 41.5 Å². The number of halogens is 9. The zero-order chi connectivity index (χ0) is 34.8. The third kappa shape index (κ3) is 12.1. The summed E-state index contributed by atoms with van der Waals surface area (Å²) in [6.07, 6.45) is 0. The lowest BCUT2D eigenvalue weighted by Crippen LogP contribution is -1.92.